The maximum Gasteiger partial charge on any atom is 0.0632 e. The third kappa shape index (κ3) is 4.71. The van der Waals surface area contributed by atoms with Gasteiger partial charge in [-0.1, -0.05) is 6.92 Å². The van der Waals surface area contributed by atoms with Crippen LogP contribution in [0.2, 0.25) is 0 Å². The van der Waals surface area contributed by atoms with Gasteiger partial charge in [-0.05, 0) is 45.7 Å². The summed E-state index contributed by atoms with van der Waals surface area (Å²) in [5, 5.41) is 13.8. The molecule has 2 aliphatic rings. The summed E-state index contributed by atoms with van der Waals surface area (Å²) in [7, 11) is 0. The number of likely N-dealkylation sites (tertiary alicyclic amines) is 1. The Morgan fingerprint density at radius 2 is 2.21 bits per heavy atom. The molecule has 0 aromatic carbocycles. The van der Waals surface area contributed by atoms with Crippen LogP contribution in [0, 0.1) is 5.92 Å². The van der Waals surface area contributed by atoms with Crippen molar-refractivity contribution < 1.29 is 9.84 Å². The Hall–Kier alpha value is -0.160. The molecule has 3 atom stereocenters. The highest BCUT2D eigenvalue weighted by molar-refractivity contribution is 4.85. The fourth-order valence-electron chi connectivity index (χ4n) is 3.34. The largest absolute Gasteiger partial charge is 0.390 e. The second-order valence-electron chi connectivity index (χ2n) is 6.44. The zero-order valence-corrected chi connectivity index (χ0v) is 12.5. The molecule has 2 saturated heterocycles. The van der Waals surface area contributed by atoms with Gasteiger partial charge in [-0.15, -0.1) is 0 Å². The predicted molar refractivity (Wildman–Crippen MR) is 77.3 cm³/mol. The number of nitrogens with one attached hydrogen (secondary N) is 1. The summed E-state index contributed by atoms with van der Waals surface area (Å²) in [6.45, 7) is 10.2. The summed E-state index contributed by atoms with van der Waals surface area (Å²) < 4.78 is 5.66. The fourth-order valence-corrected chi connectivity index (χ4v) is 3.34. The van der Waals surface area contributed by atoms with Gasteiger partial charge in [-0.3, -0.25) is 0 Å². The van der Waals surface area contributed by atoms with Crippen molar-refractivity contribution in [2.24, 2.45) is 5.92 Å². The van der Waals surface area contributed by atoms with Crippen LogP contribution in [0.3, 0.4) is 0 Å². The van der Waals surface area contributed by atoms with Gasteiger partial charge in [0.05, 0.1) is 12.2 Å². The molecule has 112 valence electrons. The normalized spacial score (nSPS) is 38.1. The molecule has 19 heavy (non-hydrogen) atoms. The van der Waals surface area contributed by atoms with Gasteiger partial charge in [-0.2, -0.15) is 0 Å². The van der Waals surface area contributed by atoms with Crippen LogP contribution in [0.5, 0.6) is 0 Å². The minimum atomic E-state index is -0.459. The van der Waals surface area contributed by atoms with E-state index >= 15 is 0 Å². The summed E-state index contributed by atoms with van der Waals surface area (Å²) in [5.41, 5.74) is -0.459. The second kappa shape index (κ2) is 7.02. The Balaban J connectivity index is 1.84. The van der Waals surface area contributed by atoms with E-state index in [9.17, 15) is 5.11 Å². The minimum Gasteiger partial charge on any atom is -0.390 e. The van der Waals surface area contributed by atoms with Crippen molar-refractivity contribution in [2.75, 3.05) is 39.4 Å². The van der Waals surface area contributed by atoms with E-state index < -0.39 is 5.60 Å². The highest BCUT2D eigenvalue weighted by atomic mass is 16.5. The number of rotatable bonds is 4. The van der Waals surface area contributed by atoms with Crippen molar-refractivity contribution in [3.63, 3.8) is 0 Å². The van der Waals surface area contributed by atoms with Gasteiger partial charge >= 0.3 is 0 Å². The minimum absolute atomic E-state index is 0.459. The van der Waals surface area contributed by atoms with E-state index in [0.29, 0.717) is 12.0 Å². The molecule has 0 aromatic rings. The monoisotopic (exact) mass is 270 g/mol. The Morgan fingerprint density at radius 3 is 3.00 bits per heavy atom. The quantitative estimate of drug-likeness (QED) is 0.807. The number of aliphatic hydroxyl groups is 1. The SMILES string of the molecule is CCNC1CCOCC1CN1CCCC(C)(O)CC1. The summed E-state index contributed by atoms with van der Waals surface area (Å²) in [5.74, 6) is 0.594. The first-order valence-electron chi connectivity index (χ1n) is 7.86. The van der Waals surface area contributed by atoms with Crippen LogP contribution in [0.25, 0.3) is 0 Å². The van der Waals surface area contributed by atoms with Crippen LogP contribution < -0.4 is 5.32 Å². The molecule has 2 N–H and O–H groups in total. The molecule has 2 aliphatic heterocycles. The Bertz CT molecular complexity index is 269. The Kier molecular flexibility index (Phi) is 5.63. The summed E-state index contributed by atoms with van der Waals surface area (Å²) >= 11 is 0. The molecule has 0 aromatic heterocycles. The van der Waals surface area contributed by atoms with E-state index in [1.807, 2.05) is 6.92 Å². The maximum absolute atomic E-state index is 10.2. The highest BCUT2D eigenvalue weighted by Crippen LogP contribution is 2.23. The Labute approximate surface area is 117 Å². The molecule has 0 spiro atoms. The van der Waals surface area contributed by atoms with Gasteiger partial charge in [0.1, 0.15) is 0 Å². The lowest BCUT2D eigenvalue weighted by Crippen LogP contribution is -2.48. The van der Waals surface area contributed by atoms with Crippen LogP contribution in [0.4, 0.5) is 0 Å². The van der Waals surface area contributed by atoms with Crippen LogP contribution in [-0.4, -0.2) is 61.0 Å². The predicted octanol–water partition coefficient (Wildman–Crippen LogP) is 1.24. The van der Waals surface area contributed by atoms with Crippen molar-refractivity contribution in [1.82, 2.24) is 10.2 Å². The summed E-state index contributed by atoms with van der Waals surface area (Å²) in [6, 6.07) is 0.600. The van der Waals surface area contributed by atoms with Crippen LogP contribution >= 0.6 is 0 Å². The standard InChI is InChI=1S/C15H30N2O2/c1-3-16-14-5-10-19-12-13(14)11-17-8-4-6-15(2,18)7-9-17/h13-14,16,18H,3-12H2,1-2H3. The number of hydrogen-bond acceptors (Lipinski definition) is 4. The van der Waals surface area contributed by atoms with Crippen molar-refractivity contribution in [3.05, 3.63) is 0 Å². The highest BCUT2D eigenvalue weighted by Gasteiger charge is 2.30. The smallest absolute Gasteiger partial charge is 0.0632 e. The van der Waals surface area contributed by atoms with E-state index in [1.165, 1.54) is 0 Å². The van der Waals surface area contributed by atoms with E-state index in [-0.39, 0.29) is 0 Å². The molecule has 0 radical (unpaired) electrons. The van der Waals surface area contributed by atoms with Gasteiger partial charge in [-0.25, -0.2) is 0 Å². The van der Waals surface area contributed by atoms with E-state index in [0.717, 1.165) is 65.1 Å². The number of hydrogen-bond donors (Lipinski definition) is 2. The molecule has 3 unspecified atom stereocenters. The van der Waals surface area contributed by atoms with E-state index in [2.05, 4.69) is 17.1 Å². The first-order valence-corrected chi connectivity index (χ1v) is 7.86. The molecule has 2 rings (SSSR count). The maximum atomic E-state index is 10.2. The molecule has 0 saturated carbocycles. The average molecular weight is 270 g/mol. The third-order valence-electron chi connectivity index (χ3n) is 4.59. The molecule has 0 aliphatic carbocycles. The lowest BCUT2D eigenvalue weighted by Gasteiger charge is -2.35. The molecule has 4 heteroatoms. The third-order valence-corrected chi connectivity index (χ3v) is 4.59. The number of nitrogens with zero attached hydrogens (tertiary/aromatic N) is 1. The molecule has 0 bridgehead atoms. The Morgan fingerprint density at radius 1 is 1.37 bits per heavy atom. The van der Waals surface area contributed by atoms with Crippen molar-refractivity contribution in [1.29, 1.82) is 0 Å². The van der Waals surface area contributed by atoms with Gasteiger partial charge in [0.15, 0.2) is 0 Å². The second-order valence-corrected chi connectivity index (χ2v) is 6.44. The summed E-state index contributed by atoms with van der Waals surface area (Å²) in [4.78, 5) is 2.52. The lowest BCUT2D eigenvalue weighted by molar-refractivity contribution is 0.0145. The molecule has 2 heterocycles. The van der Waals surface area contributed by atoms with E-state index in [1.54, 1.807) is 0 Å². The summed E-state index contributed by atoms with van der Waals surface area (Å²) in [6.07, 6.45) is 4.06. The topological polar surface area (TPSA) is 44.7 Å². The van der Waals surface area contributed by atoms with Crippen LogP contribution in [0.15, 0.2) is 0 Å². The van der Waals surface area contributed by atoms with Gasteiger partial charge in [0, 0.05) is 31.7 Å². The van der Waals surface area contributed by atoms with Gasteiger partial charge in [0.2, 0.25) is 0 Å². The fraction of sp³-hybridized carbons (Fsp3) is 1.00. The first-order chi connectivity index (χ1) is 9.11. The molecule has 4 nitrogen and oxygen atoms in total. The van der Waals surface area contributed by atoms with Crippen molar-refractivity contribution in [2.45, 2.75) is 51.2 Å². The van der Waals surface area contributed by atoms with Gasteiger partial charge < -0.3 is 20.1 Å². The molecule has 0 amide bonds. The zero-order chi connectivity index (χ0) is 13.7. The van der Waals surface area contributed by atoms with Crippen molar-refractivity contribution >= 4 is 0 Å². The first kappa shape index (κ1) is 15.2. The van der Waals surface area contributed by atoms with Gasteiger partial charge in [0.25, 0.3) is 0 Å². The zero-order valence-electron chi connectivity index (χ0n) is 12.5. The average Bonchev–Trinajstić information content (AvgIpc) is 2.54. The van der Waals surface area contributed by atoms with E-state index in [4.69, 9.17) is 4.74 Å². The van der Waals surface area contributed by atoms with Crippen LogP contribution in [-0.2, 0) is 4.74 Å². The van der Waals surface area contributed by atoms with Crippen LogP contribution in [0.1, 0.15) is 39.5 Å². The lowest BCUT2D eigenvalue weighted by atomic mass is 9.95. The molecular weight excluding hydrogens is 240 g/mol. The molecular formula is C15H30N2O2. The number of ether oxygens (including phenoxy) is 1. The van der Waals surface area contributed by atoms with Crippen molar-refractivity contribution in [3.8, 4) is 0 Å². The molecule has 2 fully saturated rings.